The van der Waals surface area contributed by atoms with E-state index in [1.807, 2.05) is 12.1 Å². The van der Waals surface area contributed by atoms with Crippen molar-refractivity contribution in [2.24, 2.45) is 0 Å². The molecule has 2 aliphatic rings. The van der Waals surface area contributed by atoms with E-state index >= 15 is 0 Å². The Morgan fingerprint density at radius 2 is 2.07 bits per heavy atom. The van der Waals surface area contributed by atoms with Crippen LogP contribution in [0.2, 0.25) is 0 Å². The molecule has 1 heterocycles. The summed E-state index contributed by atoms with van der Waals surface area (Å²) in [6.45, 7) is 8.87. The lowest BCUT2D eigenvalue weighted by molar-refractivity contribution is -0.0882. The molecule has 28 heavy (non-hydrogen) atoms. The van der Waals surface area contributed by atoms with E-state index in [4.69, 9.17) is 9.47 Å². The van der Waals surface area contributed by atoms with E-state index in [2.05, 4.69) is 42.8 Å². The van der Waals surface area contributed by atoms with E-state index in [0.717, 1.165) is 32.0 Å². The summed E-state index contributed by atoms with van der Waals surface area (Å²) in [5.41, 5.74) is 1.16. The van der Waals surface area contributed by atoms with Gasteiger partial charge in [0.05, 0.1) is 12.2 Å². The number of nitrogens with zero attached hydrogens (tertiary/aromatic N) is 2. The highest BCUT2D eigenvalue weighted by Gasteiger charge is 2.27. The average Bonchev–Trinajstić information content (AvgIpc) is 2.66. The fraction of sp³-hybridized carbons (Fsp3) is 0.739. The van der Waals surface area contributed by atoms with Gasteiger partial charge in [0.1, 0.15) is 18.5 Å². The molecule has 5 heteroatoms. The number of benzene rings is 1. The number of morpholine rings is 1. The van der Waals surface area contributed by atoms with E-state index in [1.165, 1.54) is 37.7 Å². The second kappa shape index (κ2) is 10.1. The van der Waals surface area contributed by atoms with Crippen LogP contribution < -0.4 is 4.74 Å². The Kier molecular flexibility index (Phi) is 7.75. The first kappa shape index (κ1) is 21.6. The molecule has 1 aliphatic carbocycles. The molecule has 0 spiro atoms. The van der Waals surface area contributed by atoms with Crippen LogP contribution in [-0.4, -0.2) is 72.5 Å². The zero-order chi connectivity index (χ0) is 20.0. The monoisotopic (exact) mass is 390 g/mol. The van der Waals surface area contributed by atoms with Gasteiger partial charge in [0.25, 0.3) is 0 Å². The standard InChI is InChI=1S/C23H38N2O3/c1-23(2)18-25(12-13-28-23)15-19-8-7-11-22(14-19)27-17-21(26)16-24(3)20-9-5-4-6-10-20/h7-8,11,14,20-21,26H,4-6,9-10,12-13,15-18H2,1-3H3/t21-/m0/s1. The van der Waals surface area contributed by atoms with E-state index in [-0.39, 0.29) is 5.60 Å². The van der Waals surface area contributed by atoms with Crippen LogP contribution in [0.3, 0.4) is 0 Å². The Morgan fingerprint density at radius 3 is 2.82 bits per heavy atom. The second-order valence-electron chi connectivity index (χ2n) is 9.16. The average molecular weight is 391 g/mol. The number of likely N-dealkylation sites (N-methyl/N-ethyl adjacent to an activating group) is 1. The molecule has 158 valence electrons. The fourth-order valence-corrected chi connectivity index (χ4v) is 4.49. The Bertz CT molecular complexity index is 601. The third kappa shape index (κ3) is 6.73. The van der Waals surface area contributed by atoms with E-state index < -0.39 is 6.10 Å². The molecule has 5 nitrogen and oxygen atoms in total. The zero-order valence-electron chi connectivity index (χ0n) is 17.9. The van der Waals surface area contributed by atoms with Gasteiger partial charge < -0.3 is 19.5 Å². The van der Waals surface area contributed by atoms with Gasteiger partial charge in [-0.25, -0.2) is 0 Å². The number of aliphatic hydroxyl groups excluding tert-OH is 1. The second-order valence-corrected chi connectivity index (χ2v) is 9.16. The lowest BCUT2D eigenvalue weighted by Crippen LogP contribution is -2.47. The van der Waals surface area contributed by atoms with E-state index in [9.17, 15) is 5.11 Å². The van der Waals surface area contributed by atoms with Crippen LogP contribution >= 0.6 is 0 Å². The first-order valence-corrected chi connectivity index (χ1v) is 10.9. The van der Waals surface area contributed by atoms with Crippen LogP contribution in [0.1, 0.15) is 51.5 Å². The molecule has 1 atom stereocenters. The van der Waals surface area contributed by atoms with Crippen molar-refractivity contribution >= 4 is 0 Å². The molecular formula is C23H38N2O3. The number of rotatable bonds is 8. The molecule has 1 N–H and O–H groups in total. The van der Waals surface area contributed by atoms with Gasteiger partial charge in [0.2, 0.25) is 0 Å². The Labute approximate surface area is 170 Å². The number of hydrogen-bond acceptors (Lipinski definition) is 5. The van der Waals surface area contributed by atoms with Gasteiger partial charge in [0.15, 0.2) is 0 Å². The molecule has 0 aromatic heterocycles. The molecule has 1 aliphatic heterocycles. The molecule has 3 rings (SSSR count). The third-order valence-corrected chi connectivity index (χ3v) is 5.95. The molecule has 2 fully saturated rings. The fourth-order valence-electron chi connectivity index (χ4n) is 4.49. The van der Waals surface area contributed by atoms with Gasteiger partial charge in [-0.15, -0.1) is 0 Å². The maximum atomic E-state index is 10.4. The molecule has 0 bridgehead atoms. The Morgan fingerprint density at radius 1 is 1.29 bits per heavy atom. The summed E-state index contributed by atoms with van der Waals surface area (Å²) in [5.74, 6) is 0.837. The molecule has 1 aromatic carbocycles. The molecular weight excluding hydrogens is 352 g/mol. The SMILES string of the molecule is CN(C[C@H](O)COc1cccc(CN2CCOC(C)(C)C2)c1)C1CCCCC1. The first-order chi connectivity index (χ1) is 13.4. The van der Waals surface area contributed by atoms with Crippen molar-refractivity contribution in [3.05, 3.63) is 29.8 Å². The van der Waals surface area contributed by atoms with Crippen molar-refractivity contribution in [2.45, 2.75) is 70.2 Å². The van der Waals surface area contributed by atoms with Crippen LogP contribution in [0.25, 0.3) is 0 Å². The number of ether oxygens (including phenoxy) is 2. The minimum absolute atomic E-state index is 0.0825. The smallest absolute Gasteiger partial charge is 0.119 e. The molecule has 1 saturated heterocycles. The van der Waals surface area contributed by atoms with Gasteiger partial charge in [-0.05, 0) is 51.4 Å². The summed E-state index contributed by atoms with van der Waals surface area (Å²) in [7, 11) is 2.13. The van der Waals surface area contributed by atoms with E-state index in [1.54, 1.807) is 0 Å². The number of aliphatic hydroxyl groups is 1. The van der Waals surface area contributed by atoms with Crippen molar-refractivity contribution < 1.29 is 14.6 Å². The molecule has 1 aromatic rings. The highest BCUT2D eigenvalue weighted by Crippen LogP contribution is 2.22. The largest absolute Gasteiger partial charge is 0.491 e. The van der Waals surface area contributed by atoms with Crippen LogP contribution in [0, 0.1) is 0 Å². The lowest BCUT2D eigenvalue weighted by atomic mass is 9.94. The summed E-state index contributed by atoms with van der Waals surface area (Å²) in [6, 6.07) is 8.87. The lowest BCUT2D eigenvalue weighted by Gasteiger charge is -2.38. The van der Waals surface area contributed by atoms with Gasteiger partial charge in [-0.3, -0.25) is 4.90 Å². The van der Waals surface area contributed by atoms with Crippen LogP contribution in [0.15, 0.2) is 24.3 Å². The van der Waals surface area contributed by atoms with Crippen molar-refractivity contribution in [1.82, 2.24) is 9.80 Å². The van der Waals surface area contributed by atoms with Gasteiger partial charge in [0, 0.05) is 32.2 Å². The molecule has 0 radical (unpaired) electrons. The summed E-state index contributed by atoms with van der Waals surface area (Å²) in [6.07, 6.45) is 6.03. The normalized spacial score (nSPS) is 22.3. The maximum Gasteiger partial charge on any atom is 0.119 e. The van der Waals surface area contributed by atoms with Crippen molar-refractivity contribution in [2.75, 3.05) is 39.9 Å². The summed E-state index contributed by atoms with van der Waals surface area (Å²) in [4.78, 5) is 4.74. The predicted octanol–water partition coefficient (Wildman–Crippen LogP) is 3.30. The summed E-state index contributed by atoms with van der Waals surface area (Å²) in [5, 5.41) is 10.4. The van der Waals surface area contributed by atoms with Crippen molar-refractivity contribution in [3.8, 4) is 5.75 Å². The van der Waals surface area contributed by atoms with Gasteiger partial charge >= 0.3 is 0 Å². The van der Waals surface area contributed by atoms with Gasteiger partial charge in [-0.2, -0.15) is 0 Å². The quantitative estimate of drug-likeness (QED) is 0.738. The van der Waals surface area contributed by atoms with Crippen molar-refractivity contribution in [1.29, 1.82) is 0 Å². The highest BCUT2D eigenvalue weighted by atomic mass is 16.5. The maximum absolute atomic E-state index is 10.4. The Hall–Kier alpha value is -1.14. The summed E-state index contributed by atoms with van der Waals surface area (Å²) < 4.78 is 11.7. The van der Waals surface area contributed by atoms with Crippen molar-refractivity contribution in [3.63, 3.8) is 0 Å². The van der Waals surface area contributed by atoms with Crippen LogP contribution in [-0.2, 0) is 11.3 Å². The zero-order valence-corrected chi connectivity index (χ0v) is 17.9. The highest BCUT2D eigenvalue weighted by molar-refractivity contribution is 5.28. The minimum atomic E-state index is -0.462. The minimum Gasteiger partial charge on any atom is -0.491 e. The Balaban J connectivity index is 1.45. The van der Waals surface area contributed by atoms with Crippen LogP contribution in [0.4, 0.5) is 0 Å². The van der Waals surface area contributed by atoms with E-state index in [0.29, 0.717) is 19.2 Å². The molecule has 1 saturated carbocycles. The molecule has 0 amide bonds. The predicted molar refractivity (Wildman–Crippen MR) is 113 cm³/mol. The topological polar surface area (TPSA) is 45.2 Å². The number of hydrogen-bond donors (Lipinski definition) is 1. The third-order valence-electron chi connectivity index (χ3n) is 5.95. The van der Waals surface area contributed by atoms with Gasteiger partial charge in [-0.1, -0.05) is 31.4 Å². The summed E-state index contributed by atoms with van der Waals surface area (Å²) >= 11 is 0. The first-order valence-electron chi connectivity index (χ1n) is 10.9. The molecule has 0 unspecified atom stereocenters. The van der Waals surface area contributed by atoms with Crippen LogP contribution in [0.5, 0.6) is 5.75 Å².